The number of aryl methyl sites for hydroxylation is 1. The molecule has 24 heavy (non-hydrogen) atoms. The molecule has 0 atom stereocenters. The van der Waals surface area contributed by atoms with E-state index < -0.39 is 0 Å². The van der Waals surface area contributed by atoms with Crippen LogP contribution in [0.5, 0.6) is 11.5 Å². The number of rotatable bonds is 5. The second-order valence-electron chi connectivity index (χ2n) is 5.64. The van der Waals surface area contributed by atoms with Crippen molar-refractivity contribution in [1.82, 2.24) is 0 Å². The Labute approximate surface area is 140 Å². The van der Waals surface area contributed by atoms with Gasteiger partial charge in [-0.25, -0.2) is 4.79 Å². The van der Waals surface area contributed by atoms with Gasteiger partial charge in [0.15, 0.2) is 0 Å². The molecule has 0 aliphatic carbocycles. The summed E-state index contributed by atoms with van der Waals surface area (Å²) < 4.78 is 16.5. The maximum absolute atomic E-state index is 12.0. The van der Waals surface area contributed by atoms with Crippen LogP contribution in [0.25, 0.3) is 11.0 Å². The Kier molecular flexibility index (Phi) is 4.56. The molecule has 0 aliphatic heterocycles. The summed E-state index contributed by atoms with van der Waals surface area (Å²) in [5, 5.41) is 0.945. The number of hydrogen-bond acceptors (Lipinski definition) is 4. The van der Waals surface area contributed by atoms with E-state index in [1.54, 1.807) is 13.2 Å². The summed E-state index contributed by atoms with van der Waals surface area (Å²) in [6, 6.07) is 13.3. The summed E-state index contributed by atoms with van der Waals surface area (Å²) in [5.41, 5.74) is 2.99. The average molecular weight is 324 g/mol. The Morgan fingerprint density at radius 2 is 1.92 bits per heavy atom. The molecule has 0 radical (unpaired) electrons. The second-order valence-corrected chi connectivity index (χ2v) is 5.64. The molecule has 0 bridgehead atoms. The van der Waals surface area contributed by atoms with Crippen molar-refractivity contribution in [3.05, 3.63) is 69.6 Å². The van der Waals surface area contributed by atoms with Gasteiger partial charge in [0, 0.05) is 17.0 Å². The van der Waals surface area contributed by atoms with Gasteiger partial charge in [0.1, 0.15) is 23.7 Å². The number of fused-ring (bicyclic) bond motifs is 1. The molecule has 0 saturated carbocycles. The third-order valence-corrected chi connectivity index (χ3v) is 4.15. The first-order valence-corrected chi connectivity index (χ1v) is 7.94. The van der Waals surface area contributed by atoms with Crippen molar-refractivity contribution in [2.75, 3.05) is 7.11 Å². The number of ether oxygens (including phenoxy) is 2. The van der Waals surface area contributed by atoms with Crippen molar-refractivity contribution in [2.45, 2.75) is 26.9 Å². The lowest BCUT2D eigenvalue weighted by Gasteiger charge is -2.10. The van der Waals surface area contributed by atoms with Crippen LogP contribution in [0.3, 0.4) is 0 Å². The smallest absolute Gasteiger partial charge is 0.339 e. The maximum atomic E-state index is 12.0. The van der Waals surface area contributed by atoms with Gasteiger partial charge in [-0.15, -0.1) is 0 Å². The quantitative estimate of drug-likeness (QED) is 0.658. The molecule has 3 rings (SSSR count). The number of benzene rings is 2. The van der Waals surface area contributed by atoms with Gasteiger partial charge < -0.3 is 13.9 Å². The van der Waals surface area contributed by atoms with Crippen molar-refractivity contribution in [3.63, 3.8) is 0 Å². The third-order valence-electron chi connectivity index (χ3n) is 4.15. The third kappa shape index (κ3) is 3.13. The predicted molar refractivity (Wildman–Crippen MR) is 93.9 cm³/mol. The van der Waals surface area contributed by atoms with Gasteiger partial charge in [-0.1, -0.05) is 19.1 Å². The van der Waals surface area contributed by atoms with E-state index in [-0.39, 0.29) is 5.63 Å². The average Bonchev–Trinajstić information content (AvgIpc) is 2.60. The van der Waals surface area contributed by atoms with Crippen LogP contribution >= 0.6 is 0 Å². The Bertz CT molecular complexity index is 925. The van der Waals surface area contributed by atoms with Crippen molar-refractivity contribution in [2.24, 2.45) is 0 Å². The molecule has 124 valence electrons. The minimum Gasteiger partial charge on any atom is -0.497 e. The minimum absolute atomic E-state index is 0.271. The van der Waals surface area contributed by atoms with E-state index in [9.17, 15) is 4.79 Å². The minimum atomic E-state index is -0.271. The molecule has 1 heterocycles. The highest BCUT2D eigenvalue weighted by atomic mass is 16.5. The van der Waals surface area contributed by atoms with E-state index in [1.807, 2.05) is 50.2 Å². The molecule has 1 aromatic heterocycles. The predicted octanol–water partition coefficient (Wildman–Crippen LogP) is 4.25. The van der Waals surface area contributed by atoms with Gasteiger partial charge in [0.05, 0.1) is 7.11 Å². The molecular formula is C20H20O4. The molecule has 0 N–H and O–H groups in total. The lowest BCUT2D eigenvalue weighted by atomic mass is 10.0. The largest absolute Gasteiger partial charge is 0.497 e. The number of hydrogen-bond donors (Lipinski definition) is 0. The first-order chi connectivity index (χ1) is 11.6. The van der Waals surface area contributed by atoms with Crippen LogP contribution in [-0.2, 0) is 13.0 Å². The van der Waals surface area contributed by atoms with Crippen LogP contribution in [0, 0.1) is 6.92 Å². The van der Waals surface area contributed by atoms with Crippen LogP contribution in [0.2, 0.25) is 0 Å². The second kappa shape index (κ2) is 6.79. The standard InChI is InChI=1S/C20H20O4/c1-4-17-13(2)18-9-8-16(11-19(18)24-20(17)21)23-12-14-6-5-7-15(10-14)22-3/h5-11H,4,12H2,1-3H3. The molecule has 0 fully saturated rings. The summed E-state index contributed by atoms with van der Waals surface area (Å²) in [4.78, 5) is 12.0. The fourth-order valence-electron chi connectivity index (χ4n) is 2.80. The Balaban J connectivity index is 1.87. The normalized spacial score (nSPS) is 10.8. The Morgan fingerprint density at radius 1 is 1.08 bits per heavy atom. The monoisotopic (exact) mass is 324 g/mol. The summed E-state index contributed by atoms with van der Waals surface area (Å²) in [7, 11) is 1.64. The van der Waals surface area contributed by atoms with Gasteiger partial charge in [-0.3, -0.25) is 0 Å². The van der Waals surface area contributed by atoms with Gasteiger partial charge in [0.25, 0.3) is 0 Å². The van der Waals surface area contributed by atoms with Crippen molar-refractivity contribution in [3.8, 4) is 11.5 Å². The van der Waals surface area contributed by atoms with Gasteiger partial charge in [-0.05, 0) is 48.7 Å². The first kappa shape index (κ1) is 16.1. The lowest BCUT2D eigenvalue weighted by molar-refractivity contribution is 0.305. The molecule has 0 amide bonds. The summed E-state index contributed by atoms with van der Waals surface area (Å²) in [6.07, 6.45) is 0.665. The van der Waals surface area contributed by atoms with Crippen LogP contribution in [0.15, 0.2) is 51.7 Å². The zero-order valence-corrected chi connectivity index (χ0v) is 14.1. The lowest BCUT2D eigenvalue weighted by Crippen LogP contribution is -2.09. The fourth-order valence-corrected chi connectivity index (χ4v) is 2.80. The van der Waals surface area contributed by atoms with Crippen molar-refractivity contribution < 1.29 is 13.9 Å². The van der Waals surface area contributed by atoms with Crippen LogP contribution < -0.4 is 15.1 Å². The Hall–Kier alpha value is -2.75. The molecule has 0 aliphatic rings. The Morgan fingerprint density at radius 3 is 2.67 bits per heavy atom. The zero-order valence-electron chi connectivity index (χ0n) is 14.1. The van der Waals surface area contributed by atoms with Gasteiger partial charge in [0.2, 0.25) is 0 Å². The highest BCUT2D eigenvalue weighted by Gasteiger charge is 2.10. The van der Waals surface area contributed by atoms with E-state index in [0.29, 0.717) is 24.4 Å². The van der Waals surface area contributed by atoms with Crippen molar-refractivity contribution >= 4 is 11.0 Å². The molecular weight excluding hydrogens is 304 g/mol. The van der Waals surface area contributed by atoms with E-state index in [1.165, 1.54) is 0 Å². The summed E-state index contributed by atoms with van der Waals surface area (Å²) in [5.74, 6) is 1.46. The number of methoxy groups -OCH3 is 1. The fraction of sp³-hybridized carbons (Fsp3) is 0.250. The zero-order chi connectivity index (χ0) is 17.1. The maximum Gasteiger partial charge on any atom is 0.339 e. The van der Waals surface area contributed by atoms with E-state index >= 15 is 0 Å². The van der Waals surface area contributed by atoms with Gasteiger partial charge in [-0.2, -0.15) is 0 Å². The molecule has 4 nitrogen and oxygen atoms in total. The van der Waals surface area contributed by atoms with E-state index in [0.717, 1.165) is 27.8 Å². The molecule has 3 aromatic rings. The summed E-state index contributed by atoms with van der Waals surface area (Å²) in [6.45, 7) is 4.32. The molecule has 0 unspecified atom stereocenters. The highest BCUT2D eigenvalue weighted by molar-refractivity contribution is 5.82. The van der Waals surface area contributed by atoms with Gasteiger partial charge >= 0.3 is 5.63 Å². The molecule has 0 spiro atoms. The van der Waals surface area contributed by atoms with E-state index in [2.05, 4.69) is 0 Å². The SMILES string of the molecule is CCc1c(C)c2ccc(OCc3cccc(OC)c3)cc2oc1=O. The van der Waals surface area contributed by atoms with Crippen LogP contribution in [0.4, 0.5) is 0 Å². The van der Waals surface area contributed by atoms with E-state index in [4.69, 9.17) is 13.9 Å². The molecule has 0 saturated heterocycles. The van der Waals surface area contributed by atoms with Crippen LogP contribution in [-0.4, -0.2) is 7.11 Å². The summed E-state index contributed by atoms with van der Waals surface area (Å²) >= 11 is 0. The molecule has 2 aromatic carbocycles. The molecule has 4 heteroatoms. The topological polar surface area (TPSA) is 48.7 Å². The highest BCUT2D eigenvalue weighted by Crippen LogP contribution is 2.25. The van der Waals surface area contributed by atoms with Crippen molar-refractivity contribution in [1.29, 1.82) is 0 Å². The first-order valence-electron chi connectivity index (χ1n) is 7.94. The van der Waals surface area contributed by atoms with Crippen LogP contribution in [0.1, 0.15) is 23.6 Å².